The van der Waals surface area contributed by atoms with Gasteiger partial charge in [0, 0.05) is 35.1 Å². The molecule has 1 amide bonds. The topological polar surface area (TPSA) is 172 Å². The minimum Gasteiger partial charge on any atom is -0.483 e. The fourth-order valence-corrected chi connectivity index (χ4v) is 5.44. The number of aromatic nitrogens is 7. The molecule has 1 atom stereocenters. The number of fused-ring (bicyclic) bond motifs is 1. The second-order valence-electron chi connectivity index (χ2n) is 9.71. The molecular weight excluding hydrogens is 576 g/mol. The van der Waals surface area contributed by atoms with Gasteiger partial charge in [0.15, 0.2) is 0 Å². The molecule has 0 aliphatic carbocycles. The van der Waals surface area contributed by atoms with E-state index in [-0.39, 0.29) is 18.1 Å². The fourth-order valence-electron chi connectivity index (χ4n) is 5.26. The number of halogens is 1. The van der Waals surface area contributed by atoms with Gasteiger partial charge in [-0.05, 0) is 77.2 Å². The number of hydrogen-bond acceptors (Lipinski definition) is 7. The van der Waals surface area contributed by atoms with Crippen LogP contribution < -0.4 is 10.5 Å². The number of nitrogens with one attached hydrogen (secondary N) is 1. The van der Waals surface area contributed by atoms with Crippen LogP contribution in [0.5, 0.6) is 0 Å². The zero-order valence-electron chi connectivity index (χ0n) is 23.2. The molecule has 3 N–H and O–H groups in total. The maximum Gasteiger partial charge on any atom is 0.411 e. The van der Waals surface area contributed by atoms with Crippen LogP contribution in [0.15, 0.2) is 65.7 Å². The Morgan fingerprint density at radius 2 is 1.91 bits per heavy atom. The van der Waals surface area contributed by atoms with Crippen LogP contribution in [0.3, 0.4) is 0 Å². The summed E-state index contributed by atoms with van der Waals surface area (Å²) in [5, 5.41) is 28.1. The SMILES string of the molecule is CCc1nc(C2CCc3cc(-c4cc(Cl)ccc4-n4cnnn4)cc(=O)n32)[nH]c1-c1ccc(N(C)C(=O)O)cc1.O=CO. The lowest BCUT2D eigenvalue weighted by atomic mass is 10.0. The Labute approximate surface area is 250 Å². The maximum atomic E-state index is 13.5. The van der Waals surface area contributed by atoms with Gasteiger partial charge in [0.1, 0.15) is 12.2 Å². The predicted molar refractivity (Wildman–Crippen MR) is 159 cm³/mol. The van der Waals surface area contributed by atoms with E-state index in [1.165, 1.54) is 13.4 Å². The van der Waals surface area contributed by atoms with E-state index in [1.807, 2.05) is 37.3 Å². The third kappa shape index (κ3) is 5.75. The zero-order valence-corrected chi connectivity index (χ0v) is 23.9. The van der Waals surface area contributed by atoms with Gasteiger partial charge in [-0.2, -0.15) is 4.68 Å². The largest absolute Gasteiger partial charge is 0.483 e. The molecule has 13 nitrogen and oxygen atoms in total. The van der Waals surface area contributed by atoms with Crippen molar-refractivity contribution < 1.29 is 19.8 Å². The number of benzene rings is 2. The van der Waals surface area contributed by atoms with E-state index in [4.69, 9.17) is 26.5 Å². The average molecular weight is 603 g/mol. The molecule has 5 aromatic rings. The van der Waals surface area contributed by atoms with E-state index in [1.54, 1.807) is 33.5 Å². The molecule has 3 aromatic heterocycles. The molecule has 0 radical (unpaired) electrons. The van der Waals surface area contributed by atoms with Crippen molar-refractivity contribution in [3.8, 4) is 28.1 Å². The van der Waals surface area contributed by atoms with Gasteiger partial charge < -0.3 is 19.8 Å². The minimum absolute atomic E-state index is 0.130. The van der Waals surface area contributed by atoms with E-state index in [0.29, 0.717) is 23.6 Å². The number of aryl methyl sites for hydroxylation is 2. The summed E-state index contributed by atoms with van der Waals surface area (Å²) in [6.45, 7) is 1.78. The maximum absolute atomic E-state index is 13.5. The van der Waals surface area contributed by atoms with Crippen LogP contribution in [0.1, 0.15) is 36.6 Å². The Hall–Kier alpha value is -5.30. The standard InChI is InChI=1S/C28H25ClN8O3.CH2O2/c1-3-22-26(16-4-7-19(8-5-16)35(2)28(39)40)32-27(31-22)24-11-9-20-12-17(13-25(38)37(20)24)21-14-18(29)6-10-23(21)36-15-30-33-34-36;2-1-3/h4-8,10,12-15,24H,3,9,11H2,1-2H3,(H,31,32)(H,39,40);1H,(H,2,3). The molecule has 4 heterocycles. The lowest BCUT2D eigenvalue weighted by Crippen LogP contribution is -2.24. The lowest BCUT2D eigenvalue weighted by molar-refractivity contribution is -0.122. The third-order valence-corrected chi connectivity index (χ3v) is 7.51. The summed E-state index contributed by atoms with van der Waals surface area (Å²) in [7, 11) is 1.50. The van der Waals surface area contributed by atoms with Crippen LogP contribution in [0.25, 0.3) is 28.1 Å². The number of amides is 1. The molecule has 0 saturated carbocycles. The number of H-pyrrole nitrogens is 1. The van der Waals surface area contributed by atoms with Crippen LogP contribution in [-0.4, -0.2) is 64.6 Å². The highest BCUT2D eigenvalue weighted by atomic mass is 35.5. The minimum atomic E-state index is -1.03. The first kappa shape index (κ1) is 29.2. The number of imidazole rings is 1. The molecule has 1 aliphatic rings. The van der Waals surface area contributed by atoms with Crippen molar-refractivity contribution in [2.75, 3.05) is 11.9 Å². The summed E-state index contributed by atoms with van der Waals surface area (Å²) in [4.78, 5) is 42.7. The van der Waals surface area contributed by atoms with E-state index in [9.17, 15) is 14.7 Å². The molecule has 1 aliphatic heterocycles. The number of carboxylic acid groups (broad SMARTS) is 2. The molecule has 14 heteroatoms. The lowest BCUT2D eigenvalue weighted by Gasteiger charge is -2.15. The number of pyridine rings is 1. The molecule has 43 heavy (non-hydrogen) atoms. The predicted octanol–water partition coefficient (Wildman–Crippen LogP) is 4.45. The summed E-state index contributed by atoms with van der Waals surface area (Å²) in [5.41, 5.74) is 6.22. The molecule has 0 bridgehead atoms. The van der Waals surface area contributed by atoms with Gasteiger partial charge in [-0.1, -0.05) is 30.7 Å². The summed E-state index contributed by atoms with van der Waals surface area (Å²) < 4.78 is 3.35. The molecule has 0 spiro atoms. The van der Waals surface area contributed by atoms with Crippen molar-refractivity contribution in [1.29, 1.82) is 0 Å². The van der Waals surface area contributed by atoms with Gasteiger partial charge >= 0.3 is 6.09 Å². The average Bonchev–Trinajstić information content (AvgIpc) is 3.77. The Bertz CT molecular complexity index is 1830. The van der Waals surface area contributed by atoms with Gasteiger partial charge in [0.05, 0.1) is 23.1 Å². The van der Waals surface area contributed by atoms with Gasteiger partial charge in [0.2, 0.25) is 0 Å². The van der Waals surface area contributed by atoms with Crippen molar-refractivity contribution in [3.05, 3.63) is 93.5 Å². The first-order valence-corrected chi connectivity index (χ1v) is 13.7. The Morgan fingerprint density at radius 3 is 2.56 bits per heavy atom. The summed E-state index contributed by atoms with van der Waals surface area (Å²) in [6.07, 6.45) is 2.61. The van der Waals surface area contributed by atoms with E-state index in [2.05, 4.69) is 20.5 Å². The zero-order chi connectivity index (χ0) is 30.7. The van der Waals surface area contributed by atoms with E-state index < -0.39 is 6.09 Å². The number of tetrazole rings is 1. The van der Waals surface area contributed by atoms with Crippen LogP contribution >= 0.6 is 11.6 Å². The van der Waals surface area contributed by atoms with Crippen LogP contribution in [0, 0.1) is 0 Å². The van der Waals surface area contributed by atoms with Crippen molar-refractivity contribution in [2.45, 2.75) is 32.2 Å². The molecule has 0 fully saturated rings. The molecular formula is C29H27ClN8O5. The smallest absolute Gasteiger partial charge is 0.411 e. The molecule has 6 rings (SSSR count). The normalized spacial score (nSPS) is 13.6. The molecule has 1 unspecified atom stereocenters. The number of nitrogens with zero attached hydrogens (tertiary/aromatic N) is 7. The van der Waals surface area contributed by atoms with Gasteiger partial charge in [-0.25, -0.2) is 9.78 Å². The Kier molecular flexibility index (Phi) is 8.34. The van der Waals surface area contributed by atoms with Crippen molar-refractivity contribution in [3.63, 3.8) is 0 Å². The number of anilines is 1. The van der Waals surface area contributed by atoms with Crippen LogP contribution in [0.4, 0.5) is 10.5 Å². The van der Waals surface area contributed by atoms with Gasteiger partial charge in [0.25, 0.3) is 12.0 Å². The van der Waals surface area contributed by atoms with Crippen molar-refractivity contribution in [2.24, 2.45) is 0 Å². The Morgan fingerprint density at radius 1 is 1.16 bits per heavy atom. The highest BCUT2D eigenvalue weighted by molar-refractivity contribution is 6.31. The number of hydrogen-bond donors (Lipinski definition) is 3. The Balaban J connectivity index is 0.00000118. The number of aromatic amines is 1. The van der Waals surface area contributed by atoms with Gasteiger partial charge in [-0.15, -0.1) is 5.10 Å². The highest BCUT2D eigenvalue weighted by Gasteiger charge is 2.29. The van der Waals surface area contributed by atoms with E-state index >= 15 is 0 Å². The monoisotopic (exact) mass is 602 g/mol. The summed E-state index contributed by atoms with van der Waals surface area (Å²) in [5.74, 6) is 0.726. The van der Waals surface area contributed by atoms with E-state index in [0.717, 1.165) is 56.6 Å². The third-order valence-electron chi connectivity index (χ3n) is 7.28. The summed E-state index contributed by atoms with van der Waals surface area (Å²) in [6, 6.07) is 16.1. The van der Waals surface area contributed by atoms with Crippen LogP contribution in [0.2, 0.25) is 5.02 Å². The highest BCUT2D eigenvalue weighted by Crippen LogP contribution is 2.35. The van der Waals surface area contributed by atoms with Crippen molar-refractivity contribution >= 4 is 29.9 Å². The number of rotatable bonds is 6. The fraction of sp³-hybridized carbons (Fsp3) is 0.207. The van der Waals surface area contributed by atoms with Crippen LogP contribution in [-0.2, 0) is 17.6 Å². The number of carbonyl (C=O) groups is 2. The molecule has 2 aromatic carbocycles. The quantitative estimate of drug-likeness (QED) is 0.237. The first-order chi connectivity index (χ1) is 20.7. The molecule has 220 valence electrons. The first-order valence-electron chi connectivity index (χ1n) is 13.3. The molecule has 0 saturated heterocycles. The second-order valence-corrected chi connectivity index (χ2v) is 10.1. The summed E-state index contributed by atoms with van der Waals surface area (Å²) >= 11 is 6.32. The second kappa shape index (κ2) is 12.3. The van der Waals surface area contributed by atoms with Gasteiger partial charge in [-0.3, -0.25) is 14.5 Å². The van der Waals surface area contributed by atoms with Crippen molar-refractivity contribution in [1.82, 2.24) is 34.7 Å².